The number of hydrogen-bond acceptors (Lipinski definition) is 5. The van der Waals surface area contributed by atoms with E-state index in [-0.39, 0.29) is 11.8 Å². The van der Waals surface area contributed by atoms with E-state index < -0.39 is 0 Å². The van der Waals surface area contributed by atoms with Crippen molar-refractivity contribution in [3.63, 3.8) is 0 Å². The molecule has 2 amide bonds. The summed E-state index contributed by atoms with van der Waals surface area (Å²) in [7, 11) is 0. The molecule has 1 aliphatic heterocycles. The summed E-state index contributed by atoms with van der Waals surface area (Å²) in [4.78, 5) is 36.4. The van der Waals surface area contributed by atoms with E-state index in [9.17, 15) is 9.59 Å². The van der Waals surface area contributed by atoms with Crippen LogP contribution in [0.5, 0.6) is 0 Å². The Morgan fingerprint density at radius 1 is 1.04 bits per heavy atom. The first kappa shape index (κ1) is 17.8. The molecule has 7 nitrogen and oxygen atoms in total. The number of anilines is 2. The van der Waals surface area contributed by atoms with E-state index in [2.05, 4.69) is 15.3 Å². The summed E-state index contributed by atoms with van der Waals surface area (Å²) in [6.45, 7) is 8.20. The standard InChI is InChI=1S/C19H23N5O2/c1-13-4-5-16(12-14(13)2)21-18(26)17-6-7-20-19(22-17)24-10-8-23(9-11-24)15(3)25/h4-7,12H,8-11H2,1-3H3,(H,21,26). The number of nitrogens with zero attached hydrogens (tertiary/aromatic N) is 4. The molecule has 1 N–H and O–H groups in total. The number of rotatable bonds is 3. The largest absolute Gasteiger partial charge is 0.339 e. The number of benzene rings is 1. The number of amides is 2. The Morgan fingerprint density at radius 3 is 2.42 bits per heavy atom. The monoisotopic (exact) mass is 353 g/mol. The fraction of sp³-hybridized carbons (Fsp3) is 0.368. The van der Waals surface area contributed by atoms with Gasteiger partial charge in [0.25, 0.3) is 5.91 Å². The zero-order valence-corrected chi connectivity index (χ0v) is 15.3. The van der Waals surface area contributed by atoms with Crippen LogP contribution in [0.1, 0.15) is 28.5 Å². The van der Waals surface area contributed by atoms with Crippen LogP contribution in [0.25, 0.3) is 0 Å². The molecular formula is C19H23N5O2. The van der Waals surface area contributed by atoms with Gasteiger partial charge in [-0.3, -0.25) is 9.59 Å². The normalized spacial score (nSPS) is 14.3. The Bertz CT molecular complexity index is 828. The highest BCUT2D eigenvalue weighted by Crippen LogP contribution is 2.16. The van der Waals surface area contributed by atoms with Gasteiger partial charge in [-0.2, -0.15) is 0 Å². The van der Waals surface area contributed by atoms with Crippen molar-refractivity contribution in [3.8, 4) is 0 Å². The predicted molar refractivity (Wildman–Crippen MR) is 100 cm³/mol. The number of hydrogen-bond donors (Lipinski definition) is 1. The van der Waals surface area contributed by atoms with Crippen LogP contribution in [0.15, 0.2) is 30.5 Å². The van der Waals surface area contributed by atoms with Gasteiger partial charge in [0.15, 0.2) is 0 Å². The van der Waals surface area contributed by atoms with E-state index in [4.69, 9.17) is 0 Å². The van der Waals surface area contributed by atoms with Crippen molar-refractivity contribution >= 4 is 23.5 Å². The topological polar surface area (TPSA) is 78.4 Å². The van der Waals surface area contributed by atoms with Gasteiger partial charge in [0, 0.05) is 45.0 Å². The maximum atomic E-state index is 12.5. The second kappa shape index (κ2) is 7.51. The first-order valence-electron chi connectivity index (χ1n) is 8.66. The predicted octanol–water partition coefficient (Wildman–Crippen LogP) is 2.01. The lowest BCUT2D eigenvalue weighted by molar-refractivity contribution is -0.129. The Balaban J connectivity index is 1.69. The zero-order chi connectivity index (χ0) is 18.7. The van der Waals surface area contributed by atoms with Crippen molar-refractivity contribution in [3.05, 3.63) is 47.3 Å². The number of carbonyl (C=O) groups is 2. The highest BCUT2D eigenvalue weighted by atomic mass is 16.2. The molecule has 1 saturated heterocycles. The molecule has 2 aromatic rings. The SMILES string of the molecule is CC(=O)N1CCN(c2nccc(C(=O)Nc3ccc(C)c(C)c3)n2)CC1. The molecule has 26 heavy (non-hydrogen) atoms. The third kappa shape index (κ3) is 3.99. The van der Waals surface area contributed by atoms with E-state index in [1.165, 1.54) is 5.56 Å². The summed E-state index contributed by atoms with van der Waals surface area (Å²) < 4.78 is 0. The highest BCUT2D eigenvalue weighted by molar-refractivity contribution is 6.03. The van der Waals surface area contributed by atoms with Gasteiger partial charge in [0.1, 0.15) is 5.69 Å². The molecular weight excluding hydrogens is 330 g/mol. The molecule has 7 heteroatoms. The molecule has 1 aliphatic rings. The Hall–Kier alpha value is -2.96. The van der Waals surface area contributed by atoms with Gasteiger partial charge in [-0.15, -0.1) is 0 Å². The van der Waals surface area contributed by atoms with Gasteiger partial charge < -0.3 is 15.1 Å². The van der Waals surface area contributed by atoms with Crippen LogP contribution in [0.4, 0.5) is 11.6 Å². The summed E-state index contributed by atoms with van der Waals surface area (Å²) in [6, 6.07) is 7.40. The molecule has 0 aliphatic carbocycles. The van der Waals surface area contributed by atoms with Crippen molar-refractivity contribution in [1.82, 2.24) is 14.9 Å². The maximum absolute atomic E-state index is 12.5. The van der Waals surface area contributed by atoms with E-state index in [0.29, 0.717) is 37.8 Å². The summed E-state index contributed by atoms with van der Waals surface area (Å²) in [6.07, 6.45) is 1.59. The number of piperazine rings is 1. The molecule has 0 spiro atoms. The van der Waals surface area contributed by atoms with Crippen molar-refractivity contribution in [2.75, 3.05) is 36.4 Å². The third-order valence-corrected chi connectivity index (χ3v) is 4.65. The van der Waals surface area contributed by atoms with E-state index in [1.807, 2.05) is 36.9 Å². The lowest BCUT2D eigenvalue weighted by atomic mass is 10.1. The molecule has 136 valence electrons. The summed E-state index contributed by atoms with van der Waals surface area (Å²) in [5, 5.41) is 2.88. The van der Waals surface area contributed by atoms with Crippen molar-refractivity contribution in [1.29, 1.82) is 0 Å². The van der Waals surface area contributed by atoms with Gasteiger partial charge in [0.2, 0.25) is 11.9 Å². The second-order valence-corrected chi connectivity index (χ2v) is 6.49. The molecule has 0 saturated carbocycles. The van der Waals surface area contributed by atoms with Gasteiger partial charge in [-0.05, 0) is 43.2 Å². The van der Waals surface area contributed by atoms with Crippen LogP contribution >= 0.6 is 0 Å². The summed E-state index contributed by atoms with van der Waals surface area (Å²) >= 11 is 0. The first-order valence-corrected chi connectivity index (χ1v) is 8.66. The number of nitrogens with one attached hydrogen (secondary N) is 1. The van der Waals surface area contributed by atoms with Gasteiger partial charge >= 0.3 is 0 Å². The number of aromatic nitrogens is 2. The molecule has 1 fully saturated rings. The van der Waals surface area contributed by atoms with Crippen LogP contribution in [-0.4, -0.2) is 52.9 Å². The molecule has 3 rings (SSSR count). The van der Waals surface area contributed by atoms with Gasteiger partial charge in [-0.1, -0.05) is 6.07 Å². The molecule has 0 bridgehead atoms. The first-order chi connectivity index (χ1) is 12.4. The maximum Gasteiger partial charge on any atom is 0.274 e. The van der Waals surface area contributed by atoms with Crippen molar-refractivity contribution in [2.24, 2.45) is 0 Å². The van der Waals surface area contributed by atoms with Crippen LogP contribution in [0.2, 0.25) is 0 Å². The third-order valence-electron chi connectivity index (χ3n) is 4.65. The fourth-order valence-electron chi connectivity index (χ4n) is 2.86. The number of carbonyl (C=O) groups excluding carboxylic acids is 2. The molecule has 0 atom stereocenters. The molecule has 0 unspecified atom stereocenters. The quantitative estimate of drug-likeness (QED) is 0.913. The van der Waals surface area contributed by atoms with Crippen molar-refractivity contribution < 1.29 is 9.59 Å². The second-order valence-electron chi connectivity index (χ2n) is 6.49. The average Bonchev–Trinajstić information content (AvgIpc) is 2.65. The molecule has 2 heterocycles. The molecule has 1 aromatic heterocycles. The zero-order valence-electron chi connectivity index (χ0n) is 15.3. The minimum atomic E-state index is -0.265. The minimum Gasteiger partial charge on any atom is -0.339 e. The van der Waals surface area contributed by atoms with Gasteiger partial charge in [0.05, 0.1) is 0 Å². The minimum absolute atomic E-state index is 0.0760. The van der Waals surface area contributed by atoms with Gasteiger partial charge in [-0.25, -0.2) is 9.97 Å². The highest BCUT2D eigenvalue weighted by Gasteiger charge is 2.21. The Kier molecular flexibility index (Phi) is 5.16. The lowest BCUT2D eigenvalue weighted by Gasteiger charge is -2.34. The van der Waals surface area contributed by atoms with Crippen LogP contribution in [0.3, 0.4) is 0 Å². The smallest absolute Gasteiger partial charge is 0.274 e. The summed E-state index contributed by atoms with van der Waals surface area (Å²) in [5.41, 5.74) is 3.36. The Morgan fingerprint density at radius 2 is 1.77 bits per heavy atom. The molecule has 1 aromatic carbocycles. The lowest BCUT2D eigenvalue weighted by Crippen LogP contribution is -2.48. The van der Waals surface area contributed by atoms with Crippen LogP contribution in [0, 0.1) is 13.8 Å². The number of aryl methyl sites for hydroxylation is 2. The van der Waals surface area contributed by atoms with E-state index in [1.54, 1.807) is 24.1 Å². The fourth-order valence-corrected chi connectivity index (χ4v) is 2.86. The Labute approximate surface area is 153 Å². The van der Waals surface area contributed by atoms with Crippen molar-refractivity contribution in [2.45, 2.75) is 20.8 Å². The van der Waals surface area contributed by atoms with E-state index in [0.717, 1.165) is 11.3 Å². The molecule has 0 radical (unpaired) electrons. The summed E-state index contributed by atoms with van der Waals surface area (Å²) in [5.74, 6) is 0.326. The van der Waals surface area contributed by atoms with Crippen LogP contribution < -0.4 is 10.2 Å². The average molecular weight is 353 g/mol. The van der Waals surface area contributed by atoms with E-state index >= 15 is 0 Å². The van der Waals surface area contributed by atoms with Crippen LogP contribution in [-0.2, 0) is 4.79 Å².